The third kappa shape index (κ3) is 5.40. The number of benzene rings is 2. The lowest BCUT2D eigenvalue weighted by Gasteiger charge is -2.16. The third-order valence-electron chi connectivity index (χ3n) is 5.97. The maximum atomic E-state index is 13.4. The van der Waals surface area contributed by atoms with E-state index in [0.717, 1.165) is 24.8 Å². The van der Waals surface area contributed by atoms with Gasteiger partial charge in [-0.3, -0.25) is 9.59 Å². The molecule has 0 saturated carbocycles. The highest BCUT2D eigenvalue weighted by molar-refractivity contribution is 6.13. The van der Waals surface area contributed by atoms with Crippen LogP contribution in [0.5, 0.6) is 17.2 Å². The normalized spacial score (nSPS) is 13.1. The lowest BCUT2D eigenvalue weighted by atomic mass is 10.1. The first kappa shape index (κ1) is 24.1. The van der Waals surface area contributed by atoms with Crippen molar-refractivity contribution in [3.8, 4) is 17.2 Å². The van der Waals surface area contributed by atoms with Crippen LogP contribution in [0.4, 0.5) is 11.5 Å². The SMILES string of the molecule is COc1cc(NC(=O)c2cc(NCCCN3CCCC3=O)nc3ccccc23)cc(OC)c1OC. The number of likely N-dealkylation sites (tertiary alicyclic amines) is 1. The molecule has 0 spiro atoms. The molecule has 184 valence electrons. The van der Waals surface area contributed by atoms with Crippen molar-refractivity contribution in [1.82, 2.24) is 9.88 Å². The zero-order valence-electron chi connectivity index (χ0n) is 20.2. The molecule has 4 rings (SSSR count). The van der Waals surface area contributed by atoms with Crippen LogP contribution in [0.25, 0.3) is 10.9 Å². The summed E-state index contributed by atoms with van der Waals surface area (Å²) in [7, 11) is 4.58. The summed E-state index contributed by atoms with van der Waals surface area (Å²) in [6.07, 6.45) is 2.38. The van der Waals surface area contributed by atoms with Crippen molar-refractivity contribution in [3.63, 3.8) is 0 Å². The van der Waals surface area contributed by atoms with Gasteiger partial charge in [-0.25, -0.2) is 4.98 Å². The number of methoxy groups -OCH3 is 3. The van der Waals surface area contributed by atoms with E-state index in [-0.39, 0.29) is 11.8 Å². The van der Waals surface area contributed by atoms with Gasteiger partial charge in [0.2, 0.25) is 11.7 Å². The molecule has 2 aromatic carbocycles. The number of nitrogens with one attached hydrogen (secondary N) is 2. The molecule has 9 heteroatoms. The molecular weight excluding hydrogens is 448 g/mol. The summed E-state index contributed by atoms with van der Waals surface area (Å²) < 4.78 is 16.1. The predicted octanol–water partition coefficient (Wildman–Crippen LogP) is 3.94. The maximum Gasteiger partial charge on any atom is 0.256 e. The molecule has 1 fully saturated rings. The Kier molecular flexibility index (Phi) is 7.54. The largest absolute Gasteiger partial charge is 0.493 e. The van der Waals surface area contributed by atoms with Crippen LogP contribution >= 0.6 is 0 Å². The van der Waals surface area contributed by atoms with E-state index in [2.05, 4.69) is 15.6 Å². The van der Waals surface area contributed by atoms with Crippen molar-refractivity contribution in [2.45, 2.75) is 19.3 Å². The fourth-order valence-corrected chi connectivity index (χ4v) is 4.23. The topological polar surface area (TPSA) is 102 Å². The first-order valence-corrected chi connectivity index (χ1v) is 11.6. The average Bonchev–Trinajstić information content (AvgIpc) is 3.29. The molecule has 1 aromatic heterocycles. The summed E-state index contributed by atoms with van der Waals surface area (Å²) in [5, 5.41) is 6.98. The van der Waals surface area contributed by atoms with Gasteiger partial charge in [0.05, 0.1) is 32.4 Å². The average molecular weight is 479 g/mol. The summed E-state index contributed by atoms with van der Waals surface area (Å²) in [6.45, 7) is 2.19. The lowest BCUT2D eigenvalue weighted by Crippen LogP contribution is -2.27. The number of hydrogen-bond donors (Lipinski definition) is 2. The smallest absolute Gasteiger partial charge is 0.256 e. The van der Waals surface area contributed by atoms with Gasteiger partial charge >= 0.3 is 0 Å². The number of aromatic nitrogens is 1. The van der Waals surface area contributed by atoms with E-state index in [0.29, 0.717) is 59.3 Å². The molecule has 2 heterocycles. The van der Waals surface area contributed by atoms with Crippen molar-refractivity contribution >= 4 is 34.2 Å². The zero-order chi connectivity index (χ0) is 24.8. The summed E-state index contributed by atoms with van der Waals surface area (Å²) in [5.74, 6) is 1.88. The second-order valence-electron chi connectivity index (χ2n) is 8.21. The van der Waals surface area contributed by atoms with Crippen LogP contribution in [0.1, 0.15) is 29.6 Å². The number of fused-ring (bicyclic) bond motifs is 1. The van der Waals surface area contributed by atoms with Gasteiger partial charge in [0, 0.05) is 49.3 Å². The number of amides is 2. The maximum absolute atomic E-state index is 13.4. The first-order chi connectivity index (χ1) is 17.0. The van der Waals surface area contributed by atoms with Crippen molar-refractivity contribution in [1.29, 1.82) is 0 Å². The Balaban J connectivity index is 1.54. The monoisotopic (exact) mass is 478 g/mol. The van der Waals surface area contributed by atoms with E-state index in [9.17, 15) is 9.59 Å². The van der Waals surface area contributed by atoms with Crippen molar-refractivity contribution in [3.05, 3.63) is 48.0 Å². The Morgan fingerprint density at radius 2 is 1.80 bits per heavy atom. The minimum atomic E-state index is -0.288. The van der Waals surface area contributed by atoms with Crippen molar-refractivity contribution < 1.29 is 23.8 Å². The van der Waals surface area contributed by atoms with Gasteiger partial charge in [0.25, 0.3) is 5.91 Å². The number of anilines is 2. The summed E-state index contributed by atoms with van der Waals surface area (Å²) in [4.78, 5) is 31.7. The molecular formula is C26H30N4O5. The van der Waals surface area contributed by atoms with Gasteiger partial charge < -0.3 is 29.7 Å². The summed E-state index contributed by atoms with van der Waals surface area (Å²) >= 11 is 0. The molecule has 0 atom stereocenters. The molecule has 35 heavy (non-hydrogen) atoms. The number of rotatable bonds is 10. The van der Waals surface area contributed by atoms with Crippen LogP contribution in [-0.4, -0.2) is 62.7 Å². The fourth-order valence-electron chi connectivity index (χ4n) is 4.23. The number of hydrogen-bond acceptors (Lipinski definition) is 7. The Hall–Kier alpha value is -4.01. The van der Waals surface area contributed by atoms with Gasteiger partial charge in [-0.1, -0.05) is 18.2 Å². The summed E-state index contributed by atoms with van der Waals surface area (Å²) in [6, 6.07) is 12.6. The van der Waals surface area contributed by atoms with Crippen LogP contribution in [-0.2, 0) is 4.79 Å². The highest BCUT2D eigenvalue weighted by atomic mass is 16.5. The second-order valence-corrected chi connectivity index (χ2v) is 8.21. The quantitative estimate of drug-likeness (QED) is 0.426. The highest BCUT2D eigenvalue weighted by Gasteiger charge is 2.20. The Bertz CT molecular complexity index is 1200. The van der Waals surface area contributed by atoms with Crippen molar-refractivity contribution in [2.24, 2.45) is 0 Å². The van der Waals surface area contributed by atoms with Crippen LogP contribution in [0.2, 0.25) is 0 Å². The number of para-hydroxylation sites is 1. The van der Waals surface area contributed by atoms with E-state index < -0.39 is 0 Å². The van der Waals surface area contributed by atoms with Gasteiger partial charge in [0.1, 0.15) is 5.82 Å². The standard InChI is InChI=1S/C26H30N4O5/c1-33-21-14-17(15-22(34-2)25(21)35-3)28-26(32)19-16-23(29-20-9-5-4-8-18(19)20)27-11-7-13-30-12-6-10-24(30)31/h4-5,8-9,14-16H,6-7,10-13H2,1-3H3,(H,27,29)(H,28,32). The lowest BCUT2D eigenvalue weighted by molar-refractivity contribution is -0.127. The molecule has 2 amide bonds. The van der Waals surface area contributed by atoms with Crippen LogP contribution in [0.3, 0.4) is 0 Å². The molecule has 1 saturated heterocycles. The minimum absolute atomic E-state index is 0.222. The molecule has 1 aliphatic heterocycles. The van der Waals surface area contributed by atoms with Gasteiger partial charge in [-0.15, -0.1) is 0 Å². The molecule has 3 aromatic rings. The van der Waals surface area contributed by atoms with Crippen LogP contribution in [0, 0.1) is 0 Å². The number of carbonyl (C=O) groups excluding carboxylic acids is 2. The number of pyridine rings is 1. The van der Waals surface area contributed by atoms with E-state index in [1.165, 1.54) is 21.3 Å². The van der Waals surface area contributed by atoms with Gasteiger partial charge in [-0.05, 0) is 25.0 Å². The minimum Gasteiger partial charge on any atom is -0.493 e. The molecule has 0 bridgehead atoms. The third-order valence-corrected chi connectivity index (χ3v) is 5.97. The van der Waals surface area contributed by atoms with E-state index in [4.69, 9.17) is 14.2 Å². The summed E-state index contributed by atoms with van der Waals surface area (Å²) in [5.41, 5.74) is 1.71. The van der Waals surface area contributed by atoms with Crippen LogP contribution < -0.4 is 24.8 Å². The number of ether oxygens (including phenoxy) is 3. The molecule has 2 N–H and O–H groups in total. The Labute approximate surface area is 204 Å². The molecule has 1 aliphatic rings. The van der Waals surface area contributed by atoms with E-state index in [1.807, 2.05) is 29.2 Å². The number of carbonyl (C=O) groups is 2. The molecule has 0 aliphatic carbocycles. The van der Waals surface area contributed by atoms with Gasteiger partial charge in [0.15, 0.2) is 11.5 Å². The first-order valence-electron chi connectivity index (χ1n) is 11.6. The predicted molar refractivity (Wildman–Crippen MR) is 135 cm³/mol. The molecule has 9 nitrogen and oxygen atoms in total. The molecule has 0 unspecified atom stereocenters. The second kappa shape index (κ2) is 10.9. The number of nitrogens with zero attached hydrogens (tertiary/aromatic N) is 2. The van der Waals surface area contributed by atoms with Crippen molar-refractivity contribution in [2.75, 3.05) is 51.6 Å². The zero-order valence-corrected chi connectivity index (χ0v) is 20.2. The van der Waals surface area contributed by atoms with E-state index in [1.54, 1.807) is 18.2 Å². The van der Waals surface area contributed by atoms with Crippen LogP contribution in [0.15, 0.2) is 42.5 Å². The Morgan fingerprint density at radius 3 is 2.46 bits per heavy atom. The van der Waals surface area contributed by atoms with E-state index >= 15 is 0 Å². The highest BCUT2D eigenvalue weighted by Crippen LogP contribution is 2.40. The van der Waals surface area contributed by atoms with Gasteiger partial charge in [-0.2, -0.15) is 0 Å². The molecule has 0 radical (unpaired) electrons. The Morgan fingerprint density at radius 1 is 1.06 bits per heavy atom. The fraction of sp³-hybridized carbons (Fsp3) is 0.346.